The molecule has 6 nitrogen and oxygen atoms in total. The summed E-state index contributed by atoms with van der Waals surface area (Å²) >= 11 is 0. The molecule has 0 bridgehead atoms. The molecule has 0 aromatic rings. The lowest BCUT2D eigenvalue weighted by Gasteiger charge is -2.12. The van der Waals surface area contributed by atoms with Gasteiger partial charge >= 0.3 is 5.97 Å². The number of hydrogen-bond acceptors (Lipinski definition) is 4. The van der Waals surface area contributed by atoms with Gasteiger partial charge in [-0.05, 0) is 0 Å². The highest BCUT2D eigenvalue weighted by Gasteiger charge is 2.20. The first-order valence-electron chi connectivity index (χ1n) is 4.31. The van der Waals surface area contributed by atoms with Gasteiger partial charge in [-0.15, -0.1) is 0 Å². The van der Waals surface area contributed by atoms with E-state index in [1.165, 1.54) is 14.0 Å². The molecule has 0 heterocycles. The normalized spacial score (nSPS) is 14.3. The molecule has 15 heavy (non-hydrogen) atoms. The van der Waals surface area contributed by atoms with E-state index >= 15 is 0 Å². The molecule has 0 aliphatic heterocycles. The number of carboxylic acid groups (broad SMARTS) is 1. The van der Waals surface area contributed by atoms with Crippen LogP contribution < -0.4 is 5.32 Å². The van der Waals surface area contributed by atoms with Crippen LogP contribution in [-0.4, -0.2) is 52.5 Å². The molecule has 7 heteroatoms. The average Bonchev–Trinajstić information content (AvgIpc) is 2.12. The van der Waals surface area contributed by atoms with Crippen molar-refractivity contribution in [2.45, 2.75) is 13.0 Å². The largest absolute Gasteiger partial charge is 0.480 e. The fourth-order valence-corrected chi connectivity index (χ4v) is 1.98. The zero-order chi connectivity index (χ0) is 11.8. The number of carbonyl (C=O) groups excluding carboxylic acids is 1. The molecule has 88 valence electrons. The van der Waals surface area contributed by atoms with Crippen LogP contribution in [-0.2, 0) is 25.1 Å². The predicted molar refractivity (Wildman–Crippen MR) is 55.0 cm³/mol. The molecule has 2 atom stereocenters. The summed E-state index contributed by atoms with van der Waals surface area (Å²) in [6.45, 7) is 1.52. The molecule has 0 aromatic heterocycles. The Morgan fingerprint density at radius 2 is 2.13 bits per heavy atom. The van der Waals surface area contributed by atoms with Gasteiger partial charge in [0.15, 0.2) is 0 Å². The van der Waals surface area contributed by atoms with E-state index in [0.29, 0.717) is 6.61 Å². The minimum Gasteiger partial charge on any atom is -0.480 e. The monoisotopic (exact) mass is 237 g/mol. The Hall–Kier alpha value is -0.950. The first-order valence-corrected chi connectivity index (χ1v) is 5.80. The molecule has 0 radical (unpaired) electrons. The van der Waals surface area contributed by atoms with Crippen LogP contribution in [0.2, 0.25) is 0 Å². The second kappa shape index (κ2) is 7.36. The molecular weight excluding hydrogens is 222 g/mol. The number of aliphatic carboxylic acids is 1. The van der Waals surface area contributed by atoms with Crippen molar-refractivity contribution in [1.82, 2.24) is 5.32 Å². The van der Waals surface area contributed by atoms with E-state index in [1.807, 2.05) is 0 Å². The van der Waals surface area contributed by atoms with Gasteiger partial charge in [-0.3, -0.25) is 9.00 Å². The van der Waals surface area contributed by atoms with E-state index in [9.17, 15) is 13.8 Å². The zero-order valence-corrected chi connectivity index (χ0v) is 9.50. The summed E-state index contributed by atoms with van der Waals surface area (Å²) in [4.78, 5) is 21.3. The van der Waals surface area contributed by atoms with Crippen LogP contribution >= 0.6 is 0 Å². The van der Waals surface area contributed by atoms with Crippen molar-refractivity contribution in [3.63, 3.8) is 0 Å². The van der Waals surface area contributed by atoms with Crippen LogP contribution in [0.25, 0.3) is 0 Å². The quantitative estimate of drug-likeness (QED) is 0.590. The van der Waals surface area contributed by atoms with Crippen LogP contribution in [0.1, 0.15) is 6.92 Å². The first kappa shape index (κ1) is 14.1. The number of nitrogens with one attached hydrogen (secondary N) is 1. The summed E-state index contributed by atoms with van der Waals surface area (Å²) in [5, 5.41) is 10.9. The Bertz CT molecular complexity index is 255. The molecule has 0 rings (SSSR count). The van der Waals surface area contributed by atoms with Gasteiger partial charge in [0, 0.05) is 30.6 Å². The Morgan fingerprint density at radius 1 is 1.53 bits per heavy atom. The molecule has 0 aliphatic carbocycles. The SMILES string of the molecule is COCCS(=O)CC(NC(C)=O)C(=O)O. The van der Waals surface area contributed by atoms with Crippen molar-refractivity contribution in [3.8, 4) is 0 Å². The van der Waals surface area contributed by atoms with E-state index in [0.717, 1.165) is 0 Å². The maximum absolute atomic E-state index is 11.3. The second-order valence-corrected chi connectivity index (χ2v) is 4.52. The van der Waals surface area contributed by atoms with E-state index in [2.05, 4.69) is 5.32 Å². The van der Waals surface area contributed by atoms with Gasteiger partial charge in [0.1, 0.15) is 6.04 Å². The van der Waals surface area contributed by atoms with E-state index in [1.54, 1.807) is 0 Å². The van der Waals surface area contributed by atoms with Gasteiger partial charge < -0.3 is 15.2 Å². The van der Waals surface area contributed by atoms with Gasteiger partial charge in [-0.1, -0.05) is 0 Å². The number of hydrogen-bond donors (Lipinski definition) is 2. The summed E-state index contributed by atoms with van der Waals surface area (Å²) in [5.41, 5.74) is 0. The Balaban J connectivity index is 4.10. The molecule has 0 spiro atoms. The third kappa shape index (κ3) is 7.03. The Kier molecular flexibility index (Phi) is 6.89. The maximum Gasteiger partial charge on any atom is 0.327 e. The lowest BCUT2D eigenvalue weighted by molar-refractivity contribution is -0.140. The van der Waals surface area contributed by atoms with E-state index < -0.39 is 28.7 Å². The van der Waals surface area contributed by atoms with E-state index in [4.69, 9.17) is 9.84 Å². The molecule has 0 saturated carbocycles. The summed E-state index contributed by atoms with van der Waals surface area (Å²) < 4.78 is 16.0. The van der Waals surface area contributed by atoms with E-state index in [-0.39, 0.29) is 11.5 Å². The molecule has 1 amide bonds. The van der Waals surface area contributed by atoms with Crippen molar-refractivity contribution in [2.24, 2.45) is 0 Å². The van der Waals surface area contributed by atoms with Crippen LogP contribution in [0.15, 0.2) is 0 Å². The summed E-state index contributed by atoms with van der Waals surface area (Å²) in [5.74, 6) is -1.47. The van der Waals surface area contributed by atoms with Gasteiger partial charge in [-0.25, -0.2) is 4.79 Å². The molecule has 2 unspecified atom stereocenters. The molecule has 0 aliphatic rings. The maximum atomic E-state index is 11.3. The smallest absolute Gasteiger partial charge is 0.327 e. The number of rotatable bonds is 7. The third-order valence-corrected chi connectivity index (χ3v) is 2.87. The average molecular weight is 237 g/mol. The molecule has 0 fully saturated rings. The van der Waals surface area contributed by atoms with Crippen LogP contribution in [0.4, 0.5) is 0 Å². The van der Waals surface area contributed by atoms with Crippen LogP contribution in [0.5, 0.6) is 0 Å². The highest BCUT2D eigenvalue weighted by Crippen LogP contribution is 1.92. The summed E-state index contributed by atoms with van der Waals surface area (Å²) in [7, 11) is 0.164. The van der Waals surface area contributed by atoms with Crippen molar-refractivity contribution in [2.75, 3.05) is 25.2 Å². The van der Waals surface area contributed by atoms with Crippen LogP contribution in [0, 0.1) is 0 Å². The standard InChI is InChI=1S/C8H15NO5S/c1-6(10)9-7(8(11)12)5-15(13)4-3-14-2/h7H,3-5H2,1-2H3,(H,9,10)(H,11,12). The van der Waals surface area contributed by atoms with Crippen molar-refractivity contribution >= 4 is 22.7 Å². The zero-order valence-electron chi connectivity index (χ0n) is 8.69. The number of ether oxygens (including phenoxy) is 1. The lowest BCUT2D eigenvalue weighted by atomic mass is 10.3. The minimum absolute atomic E-state index is 0.0989. The molecule has 0 saturated heterocycles. The van der Waals surface area contributed by atoms with Crippen molar-refractivity contribution in [3.05, 3.63) is 0 Å². The van der Waals surface area contributed by atoms with Gasteiger partial charge in [0.05, 0.1) is 12.4 Å². The first-order chi connectivity index (χ1) is 6.97. The molecule has 0 aromatic carbocycles. The summed E-state index contributed by atoms with van der Waals surface area (Å²) in [6.07, 6.45) is 0. The number of methoxy groups -OCH3 is 1. The lowest BCUT2D eigenvalue weighted by Crippen LogP contribution is -2.43. The highest BCUT2D eigenvalue weighted by atomic mass is 32.2. The highest BCUT2D eigenvalue weighted by molar-refractivity contribution is 7.85. The van der Waals surface area contributed by atoms with Gasteiger partial charge in [0.25, 0.3) is 0 Å². The van der Waals surface area contributed by atoms with Gasteiger partial charge in [0.2, 0.25) is 5.91 Å². The molecule has 2 N–H and O–H groups in total. The van der Waals surface area contributed by atoms with Gasteiger partial charge in [-0.2, -0.15) is 0 Å². The number of carbonyl (C=O) groups is 2. The topological polar surface area (TPSA) is 92.7 Å². The Morgan fingerprint density at radius 3 is 2.53 bits per heavy atom. The van der Waals surface area contributed by atoms with Crippen molar-refractivity contribution < 1.29 is 23.6 Å². The predicted octanol–water partition coefficient (Wildman–Crippen LogP) is -1.03. The number of carboxylic acids is 1. The second-order valence-electron chi connectivity index (χ2n) is 2.89. The fraction of sp³-hybridized carbons (Fsp3) is 0.750. The minimum atomic E-state index is -1.31. The fourth-order valence-electron chi connectivity index (χ4n) is 0.866. The van der Waals surface area contributed by atoms with Crippen molar-refractivity contribution in [1.29, 1.82) is 0 Å². The number of amides is 1. The Labute approximate surface area is 90.4 Å². The molecular formula is C8H15NO5S. The third-order valence-electron chi connectivity index (χ3n) is 1.54. The van der Waals surface area contributed by atoms with Crippen LogP contribution in [0.3, 0.4) is 0 Å². The summed E-state index contributed by atoms with van der Waals surface area (Å²) in [6, 6.07) is -1.10.